The molecule has 3 aromatic carbocycles. The Bertz CT molecular complexity index is 1280. The highest BCUT2D eigenvalue weighted by Crippen LogP contribution is 2.44. The molecule has 0 bridgehead atoms. The molecule has 5 rings (SSSR count). The number of fused-ring (bicyclic) bond motifs is 2. The molecular weight excluding hydrogens is 446 g/mol. The Morgan fingerprint density at radius 3 is 2.47 bits per heavy atom. The Morgan fingerprint density at radius 1 is 0.971 bits per heavy atom. The Kier molecular flexibility index (Phi) is 5.92. The van der Waals surface area contributed by atoms with Crippen molar-refractivity contribution in [3.63, 3.8) is 0 Å². The van der Waals surface area contributed by atoms with Gasteiger partial charge < -0.3 is 15.5 Å². The summed E-state index contributed by atoms with van der Waals surface area (Å²) in [5.41, 5.74) is 5.63. The zero-order chi connectivity index (χ0) is 23.9. The standard InChI is InChI=1S/C28H28ClN3O2/c1-18-6-3-4-7-22(18)26(33)31-21-9-10-23(19(2)16-21)27(34)32-15-5-12-28(13-14-30-28)24-17-20(29)8-11-25(24)32/h3-4,6-11,16-17,30H,5,12-15H2,1-2H3,(H,31,33). The molecule has 1 atom stereocenters. The molecule has 2 N–H and O–H groups in total. The topological polar surface area (TPSA) is 61.4 Å². The maximum atomic E-state index is 13.7. The first-order valence-corrected chi connectivity index (χ1v) is 12.1. The number of hydrogen-bond acceptors (Lipinski definition) is 3. The van der Waals surface area contributed by atoms with Crippen molar-refractivity contribution in [2.75, 3.05) is 23.3 Å². The molecule has 0 radical (unpaired) electrons. The molecule has 6 heteroatoms. The lowest BCUT2D eigenvalue weighted by Crippen LogP contribution is -2.54. The van der Waals surface area contributed by atoms with E-state index < -0.39 is 0 Å². The number of carbonyl (C=O) groups excluding carboxylic acids is 2. The maximum Gasteiger partial charge on any atom is 0.258 e. The summed E-state index contributed by atoms with van der Waals surface area (Å²) < 4.78 is 0. The molecule has 0 aliphatic carbocycles. The summed E-state index contributed by atoms with van der Waals surface area (Å²) in [7, 11) is 0. The van der Waals surface area contributed by atoms with Crippen LogP contribution in [0.5, 0.6) is 0 Å². The number of anilines is 2. The van der Waals surface area contributed by atoms with Crippen molar-refractivity contribution < 1.29 is 9.59 Å². The van der Waals surface area contributed by atoms with Gasteiger partial charge in [0.05, 0.1) is 0 Å². The van der Waals surface area contributed by atoms with Crippen LogP contribution >= 0.6 is 11.6 Å². The molecule has 5 nitrogen and oxygen atoms in total. The summed E-state index contributed by atoms with van der Waals surface area (Å²) in [6, 6.07) is 18.8. The fourth-order valence-corrected chi connectivity index (χ4v) is 5.33. The van der Waals surface area contributed by atoms with Gasteiger partial charge in [-0.2, -0.15) is 0 Å². The molecule has 2 aliphatic rings. The van der Waals surface area contributed by atoms with Gasteiger partial charge in [-0.3, -0.25) is 9.59 Å². The SMILES string of the molecule is Cc1ccccc1C(=O)Nc1ccc(C(=O)N2CCCC3(CCN3)c3cc(Cl)ccc32)c(C)c1. The van der Waals surface area contributed by atoms with E-state index in [1.165, 1.54) is 0 Å². The van der Waals surface area contributed by atoms with Crippen molar-refractivity contribution in [3.8, 4) is 0 Å². The number of carbonyl (C=O) groups is 2. The van der Waals surface area contributed by atoms with Gasteiger partial charge in [0.25, 0.3) is 11.8 Å². The van der Waals surface area contributed by atoms with Gasteiger partial charge in [0.2, 0.25) is 0 Å². The van der Waals surface area contributed by atoms with E-state index >= 15 is 0 Å². The van der Waals surface area contributed by atoms with Crippen LogP contribution in [-0.4, -0.2) is 24.9 Å². The second-order valence-electron chi connectivity index (χ2n) is 9.28. The van der Waals surface area contributed by atoms with Crippen molar-refractivity contribution in [1.82, 2.24) is 5.32 Å². The van der Waals surface area contributed by atoms with E-state index in [1.54, 1.807) is 6.07 Å². The van der Waals surface area contributed by atoms with E-state index in [0.717, 1.165) is 48.2 Å². The van der Waals surface area contributed by atoms with Gasteiger partial charge in [-0.1, -0.05) is 29.8 Å². The van der Waals surface area contributed by atoms with Crippen molar-refractivity contribution in [2.45, 2.75) is 38.6 Å². The normalized spacial score (nSPS) is 19.2. The lowest BCUT2D eigenvalue weighted by atomic mass is 9.77. The molecule has 0 saturated carbocycles. The average Bonchev–Trinajstić information content (AvgIpc) is 2.96. The van der Waals surface area contributed by atoms with Crippen molar-refractivity contribution >= 4 is 34.8 Å². The van der Waals surface area contributed by atoms with Gasteiger partial charge in [0.15, 0.2) is 0 Å². The fraction of sp³-hybridized carbons (Fsp3) is 0.286. The molecule has 34 heavy (non-hydrogen) atoms. The minimum absolute atomic E-state index is 0.0331. The van der Waals surface area contributed by atoms with Crippen molar-refractivity contribution in [3.05, 3.63) is 93.5 Å². The third-order valence-corrected chi connectivity index (χ3v) is 7.35. The first-order chi connectivity index (χ1) is 16.4. The summed E-state index contributed by atoms with van der Waals surface area (Å²) in [6.07, 6.45) is 2.94. The van der Waals surface area contributed by atoms with Gasteiger partial charge in [-0.15, -0.1) is 0 Å². The maximum absolute atomic E-state index is 13.7. The lowest BCUT2D eigenvalue weighted by molar-refractivity contribution is 0.0985. The van der Waals surface area contributed by atoms with Crippen LogP contribution in [0.4, 0.5) is 11.4 Å². The number of rotatable bonds is 3. The fourth-order valence-electron chi connectivity index (χ4n) is 5.15. The second-order valence-corrected chi connectivity index (χ2v) is 9.72. The highest BCUT2D eigenvalue weighted by molar-refractivity contribution is 6.30. The molecule has 2 aliphatic heterocycles. The van der Waals surface area contributed by atoms with Crippen LogP contribution in [0.3, 0.4) is 0 Å². The van der Waals surface area contributed by atoms with Gasteiger partial charge in [0.1, 0.15) is 0 Å². The van der Waals surface area contributed by atoms with E-state index in [0.29, 0.717) is 28.4 Å². The Hall–Kier alpha value is -3.15. The number of nitrogens with zero attached hydrogens (tertiary/aromatic N) is 1. The molecule has 1 saturated heterocycles. The largest absolute Gasteiger partial charge is 0.322 e. The monoisotopic (exact) mass is 473 g/mol. The van der Waals surface area contributed by atoms with E-state index in [4.69, 9.17) is 11.6 Å². The van der Waals surface area contributed by atoms with Crippen molar-refractivity contribution in [1.29, 1.82) is 0 Å². The average molecular weight is 474 g/mol. The van der Waals surface area contributed by atoms with E-state index in [1.807, 2.05) is 73.3 Å². The van der Waals surface area contributed by atoms with Crippen molar-refractivity contribution in [2.24, 2.45) is 0 Å². The minimum Gasteiger partial charge on any atom is -0.322 e. The number of benzene rings is 3. The third kappa shape index (κ3) is 3.99. The van der Waals surface area contributed by atoms with Crippen LogP contribution in [0.25, 0.3) is 0 Å². The lowest BCUT2D eigenvalue weighted by Gasteiger charge is -2.44. The zero-order valence-electron chi connectivity index (χ0n) is 19.5. The smallest absolute Gasteiger partial charge is 0.258 e. The van der Waals surface area contributed by atoms with E-state index in [2.05, 4.69) is 10.6 Å². The summed E-state index contributed by atoms with van der Waals surface area (Å²) in [5.74, 6) is -0.192. The second kappa shape index (κ2) is 8.90. The predicted octanol–water partition coefficient (Wildman–Crippen LogP) is 5.84. The molecular formula is C28H28ClN3O2. The number of halogens is 1. The molecule has 1 fully saturated rings. The van der Waals surface area contributed by atoms with E-state index in [9.17, 15) is 9.59 Å². The van der Waals surface area contributed by atoms with Crippen LogP contribution in [0.15, 0.2) is 60.7 Å². The number of amides is 2. The minimum atomic E-state index is -0.159. The molecule has 2 heterocycles. The molecule has 1 spiro atoms. The molecule has 1 unspecified atom stereocenters. The number of nitrogens with one attached hydrogen (secondary N) is 2. The number of aryl methyl sites for hydroxylation is 2. The van der Waals surface area contributed by atoms with Gasteiger partial charge in [-0.25, -0.2) is 0 Å². The van der Waals surface area contributed by atoms with Crippen LogP contribution in [0, 0.1) is 13.8 Å². The molecule has 2 amide bonds. The highest BCUT2D eigenvalue weighted by atomic mass is 35.5. The zero-order valence-corrected chi connectivity index (χ0v) is 20.2. The van der Waals surface area contributed by atoms with Crippen LogP contribution in [0.1, 0.15) is 56.7 Å². The summed E-state index contributed by atoms with van der Waals surface area (Å²) in [4.78, 5) is 28.3. The van der Waals surface area contributed by atoms with Gasteiger partial charge >= 0.3 is 0 Å². The predicted molar refractivity (Wildman–Crippen MR) is 137 cm³/mol. The Balaban J connectivity index is 1.42. The van der Waals surface area contributed by atoms with Crippen LogP contribution in [-0.2, 0) is 5.54 Å². The highest BCUT2D eigenvalue weighted by Gasteiger charge is 2.42. The Morgan fingerprint density at radius 2 is 1.76 bits per heavy atom. The summed E-state index contributed by atoms with van der Waals surface area (Å²) in [6.45, 7) is 5.46. The van der Waals surface area contributed by atoms with Gasteiger partial charge in [0, 0.05) is 39.6 Å². The third-order valence-electron chi connectivity index (χ3n) is 7.11. The van der Waals surface area contributed by atoms with Gasteiger partial charge in [-0.05, 0) is 98.8 Å². The summed E-state index contributed by atoms with van der Waals surface area (Å²) >= 11 is 6.36. The summed E-state index contributed by atoms with van der Waals surface area (Å²) in [5, 5.41) is 7.24. The quantitative estimate of drug-likeness (QED) is 0.502. The first kappa shape index (κ1) is 22.6. The molecule has 0 aromatic heterocycles. The first-order valence-electron chi connectivity index (χ1n) is 11.7. The molecule has 3 aromatic rings. The van der Waals surface area contributed by atoms with E-state index in [-0.39, 0.29) is 17.4 Å². The number of hydrogen-bond donors (Lipinski definition) is 2. The molecule has 174 valence electrons. The Labute approximate surface area is 205 Å². The van der Waals surface area contributed by atoms with Crippen LogP contribution < -0.4 is 15.5 Å². The van der Waals surface area contributed by atoms with Crippen LogP contribution in [0.2, 0.25) is 5.02 Å².